The minimum Gasteiger partial charge on any atom is -0.351 e. The third kappa shape index (κ3) is 3.24. The molecule has 0 bridgehead atoms. The highest BCUT2D eigenvalue weighted by molar-refractivity contribution is 6.35. The van der Waals surface area contributed by atoms with Gasteiger partial charge in [0.1, 0.15) is 5.82 Å². The molecule has 0 aromatic carbocycles. The van der Waals surface area contributed by atoms with Gasteiger partial charge >= 0.3 is 0 Å². The summed E-state index contributed by atoms with van der Waals surface area (Å²) in [6, 6.07) is 9.71. The van der Waals surface area contributed by atoms with Crippen LogP contribution >= 0.6 is 11.6 Å². The molecule has 8 heteroatoms. The number of aromatic amines is 1. The van der Waals surface area contributed by atoms with Crippen molar-refractivity contribution >= 4 is 34.4 Å². The van der Waals surface area contributed by atoms with Gasteiger partial charge in [0.25, 0.3) is 0 Å². The van der Waals surface area contributed by atoms with Crippen molar-refractivity contribution in [3.05, 3.63) is 59.8 Å². The van der Waals surface area contributed by atoms with Crippen LogP contribution in [0.3, 0.4) is 0 Å². The van der Waals surface area contributed by atoms with Gasteiger partial charge in [-0.3, -0.25) is 9.78 Å². The van der Waals surface area contributed by atoms with E-state index in [0.29, 0.717) is 38.8 Å². The summed E-state index contributed by atoms with van der Waals surface area (Å²) < 4.78 is 13.8. The standard InChI is InChI=1S/C19H13ClFN5O/c1-10(27)24-15-9-11(5-7-22-15)17-16(13-3-2-4-14(21)25-13)19-18(26-17)12(20)6-8-23-19/h2-9,26H,1H3,(H,22,24,27). The van der Waals surface area contributed by atoms with E-state index in [-0.39, 0.29) is 5.91 Å². The van der Waals surface area contributed by atoms with Crippen molar-refractivity contribution in [2.45, 2.75) is 6.92 Å². The summed E-state index contributed by atoms with van der Waals surface area (Å²) in [6.45, 7) is 1.41. The first-order chi connectivity index (χ1) is 13.0. The lowest BCUT2D eigenvalue weighted by Crippen LogP contribution is -2.07. The predicted octanol–water partition coefficient (Wildman–Crippen LogP) is 4.44. The Labute approximate surface area is 158 Å². The molecular weight excluding hydrogens is 369 g/mol. The summed E-state index contributed by atoms with van der Waals surface area (Å²) in [5, 5.41) is 3.13. The molecule has 0 atom stereocenters. The van der Waals surface area contributed by atoms with E-state index in [1.807, 2.05) is 0 Å². The number of anilines is 1. The monoisotopic (exact) mass is 381 g/mol. The molecule has 0 radical (unpaired) electrons. The molecule has 0 unspecified atom stereocenters. The molecule has 0 saturated heterocycles. The zero-order chi connectivity index (χ0) is 19.0. The molecule has 4 aromatic heterocycles. The van der Waals surface area contributed by atoms with E-state index < -0.39 is 5.95 Å². The normalized spacial score (nSPS) is 10.9. The molecule has 0 aliphatic heterocycles. The molecule has 0 spiro atoms. The van der Waals surface area contributed by atoms with Gasteiger partial charge in [-0.15, -0.1) is 0 Å². The second-order valence-corrected chi connectivity index (χ2v) is 6.26. The Kier molecular flexibility index (Phi) is 4.29. The number of hydrogen-bond acceptors (Lipinski definition) is 4. The number of carbonyl (C=O) groups is 1. The van der Waals surface area contributed by atoms with Crippen molar-refractivity contribution in [3.8, 4) is 22.5 Å². The highest BCUT2D eigenvalue weighted by Gasteiger charge is 2.19. The van der Waals surface area contributed by atoms with Crippen LogP contribution in [0.4, 0.5) is 10.2 Å². The van der Waals surface area contributed by atoms with Crippen LogP contribution in [-0.4, -0.2) is 25.8 Å². The third-order valence-electron chi connectivity index (χ3n) is 3.96. The van der Waals surface area contributed by atoms with Crippen molar-refractivity contribution < 1.29 is 9.18 Å². The summed E-state index contributed by atoms with van der Waals surface area (Å²) in [7, 11) is 0. The summed E-state index contributed by atoms with van der Waals surface area (Å²) in [6.07, 6.45) is 3.16. The van der Waals surface area contributed by atoms with Gasteiger partial charge in [0.15, 0.2) is 0 Å². The SMILES string of the molecule is CC(=O)Nc1cc(-c2[nH]c3c(Cl)ccnc3c2-c2cccc(F)n2)ccn1. The average molecular weight is 382 g/mol. The minimum absolute atomic E-state index is 0.229. The van der Waals surface area contributed by atoms with Gasteiger partial charge in [-0.25, -0.2) is 9.97 Å². The molecule has 27 heavy (non-hydrogen) atoms. The smallest absolute Gasteiger partial charge is 0.222 e. The number of rotatable bonds is 3. The van der Waals surface area contributed by atoms with Gasteiger partial charge in [-0.05, 0) is 30.3 Å². The van der Waals surface area contributed by atoms with Gasteiger partial charge in [-0.1, -0.05) is 17.7 Å². The Bertz CT molecular complexity index is 1170. The molecule has 134 valence electrons. The Balaban J connectivity index is 1.99. The van der Waals surface area contributed by atoms with Gasteiger partial charge in [-0.2, -0.15) is 4.39 Å². The van der Waals surface area contributed by atoms with Crippen LogP contribution in [0, 0.1) is 5.95 Å². The third-order valence-corrected chi connectivity index (χ3v) is 4.28. The first kappa shape index (κ1) is 17.1. The average Bonchev–Trinajstić information content (AvgIpc) is 3.02. The van der Waals surface area contributed by atoms with Crippen LogP contribution in [-0.2, 0) is 4.79 Å². The zero-order valence-electron chi connectivity index (χ0n) is 14.1. The Hall–Kier alpha value is -3.32. The van der Waals surface area contributed by atoms with E-state index in [9.17, 15) is 9.18 Å². The number of aromatic nitrogens is 4. The van der Waals surface area contributed by atoms with Crippen LogP contribution in [0.2, 0.25) is 5.02 Å². The van der Waals surface area contributed by atoms with Crippen LogP contribution in [0.25, 0.3) is 33.5 Å². The van der Waals surface area contributed by atoms with Gasteiger partial charge in [0.2, 0.25) is 11.9 Å². The lowest BCUT2D eigenvalue weighted by Gasteiger charge is -2.07. The highest BCUT2D eigenvalue weighted by atomic mass is 35.5. The van der Waals surface area contributed by atoms with Crippen LogP contribution in [0.15, 0.2) is 48.8 Å². The quantitative estimate of drug-likeness (QED) is 0.514. The number of amides is 1. The van der Waals surface area contributed by atoms with Crippen molar-refractivity contribution in [1.29, 1.82) is 0 Å². The lowest BCUT2D eigenvalue weighted by atomic mass is 10.0. The summed E-state index contributed by atoms with van der Waals surface area (Å²) in [5.41, 5.74) is 3.61. The maximum absolute atomic E-state index is 13.8. The van der Waals surface area contributed by atoms with E-state index >= 15 is 0 Å². The van der Waals surface area contributed by atoms with Crippen LogP contribution < -0.4 is 5.32 Å². The van der Waals surface area contributed by atoms with Gasteiger partial charge in [0.05, 0.1) is 33.0 Å². The first-order valence-electron chi connectivity index (χ1n) is 8.06. The fraction of sp³-hybridized carbons (Fsp3) is 0.0526. The lowest BCUT2D eigenvalue weighted by molar-refractivity contribution is -0.114. The number of fused-ring (bicyclic) bond motifs is 1. The summed E-state index contributed by atoms with van der Waals surface area (Å²) >= 11 is 6.31. The first-order valence-corrected chi connectivity index (χ1v) is 8.44. The molecule has 6 nitrogen and oxygen atoms in total. The van der Waals surface area contributed by atoms with E-state index in [1.54, 1.807) is 42.7 Å². The molecule has 4 aromatic rings. The summed E-state index contributed by atoms with van der Waals surface area (Å²) in [4.78, 5) is 27.1. The fourth-order valence-corrected chi connectivity index (χ4v) is 3.09. The zero-order valence-corrected chi connectivity index (χ0v) is 14.9. The Morgan fingerprint density at radius 3 is 2.78 bits per heavy atom. The number of halogens is 2. The van der Waals surface area contributed by atoms with E-state index in [0.717, 1.165) is 5.56 Å². The van der Waals surface area contributed by atoms with Crippen LogP contribution in [0.5, 0.6) is 0 Å². The number of H-pyrrole nitrogens is 1. The molecule has 0 aliphatic carbocycles. The number of pyridine rings is 3. The molecular formula is C19H13ClFN5O. The Morgan fingerprint density at radius 2 is 2.00 bits per heavy atom. The van der Waals surface area contributed by atoms with Gasteiger partial charge < -0.3 is 10.3 Å². The van der Waals surface area contributed by atoms with E-state index in [2.05, 4.69) is 25.3 Å². The molecule has 1 amide bonds. The van der Waals surface area contributed by atoms with E-state index in [1.165, 1.54) is 13.0 Å². The maximum atomic E-state index is 13.8. The van der Waals surface area contributed by atoms with Gasteiger partial charge in [0, 0.05) is 24.9 Å². The fourth-order valence-electron chi connectivity index (χ4n) is 2.90. The van der Waals surface area contributed by atoms with Crippen molar-refractivity contribution in [1.82, 2.24) is 19.9 Å². The molecule has 4 heterocycles. The van der Waals surface area contributed by atoms with Crippen molar-refractivity contribution in [2.75, 3.05) is 5.32 Å². The van der Waals surface area contributed by atoms with Crippen LogP contribution in [0.1, 0.15) is 6.92 Å². The predicted molar refractivity (Wildman–Crippen MR) is 102 cm³/mol. The topological polar surface area (TPSA) is 83.6 Å². The molecule has 4 rings (SSSR count). The number of carbonyl (C=O) groups excluding carboxylic acids is 1. The second kappa shape index (κ2) is 6.77. The highest BCUT2D eigenvalue weighted by Crippen LogP contribution is 2.38. The summed E-state index contributed by atoms with van der Waals surface area (Å²) in [5.74, 6) is -0.424. The second-order valence-electron chi connectivity index (χ2n) is 5.85. The molecule has 0 aliphatic rings. The molecule has 2 N–H and O–H groups in total. The Morgan fingerprint density at radius 1 is 1.19 bits per heavy atom. The molecule has 0 fully saturated rings. The number of nitrogens with zero attached hydrogens (tertiary/aromatic N) is 3. The maximum Gasteiger partial charge on any atom is 0.222 e. The number of nitrogens with one attached hydrogen (secondary N) is 2. The van der Waals surface area contributed by atoms with E-state index in [4.69, 9.17) is 11.6 Å². The number of hydrogen-bond donors (Lipinski definition) is 2. The van der Waals surface area contributed by atoms with Crippen molar-refractivity contribution in [2.24, 2.45) is 0 Å². The molecule has 0 saturated carbocycles. The largest absolute Gasteiger partial charge is 0.351 e. The minimum atomic E-state index is -0.594. The van der Waals surface area contributed by atoms with Crippen molar-refractivity contribution in [3.63, 3.8) is 0 Å².